The number of benzene rings is 2. The van der Waals surface area contributed by atoms with E-state index >= 15 is 0 Å². The Morgan fingerprint density at radius 3 is 2.50 bits per heavy atom. The third kappa shape index (κ3) is 2.25. The molecule has 90 valence electrons. The third-order valence-electron chi connectivity index (χ3n) is 2.68. The lowest BCUT2D eigenvalue weighted by molar-refractivity contribution is 0.475. The van der Waals surface area contributed by atoms with Gasteiger partial charge in [0.2, 0.25) is 0 Å². The molecular formula is C14H11FN2O. The lowest BCUT2D eigenvalue weighted by Crippen LogP contribution is -2.09. The van der Waals surface area contributed by atoms with E-state index in [0.717, 1.165) is 5.69 Å². The Morgan fingerprint density at radius 2 is 1.89 bits per heavy atom. The zero-order valence-electron chi connectivity index (χ0n) is 9.76. The normalized spacial score (nSPS) is 9.83. The van der Waals surface area contributed by atoms with E-state index in [1.807, 2.05) is 0 Å². The molecule has 18 heavy (non-hydrogen) atoms. The van der Waals surface area contributed by atoms with E-state index in [-0.39, 0.29) is 11.3 Å². The van der Waals surface area contributed by atoms with Crippen LogP contribution in [0.2, 0.25) is 0 Å². The number of nitrogens with zero attached hydrogens (tertiary/aromatic N) is 2. The Bertz CT molecular complexity index is 619. The summed E-state index contributed by atoms with van der Waals surface area (Å²) in [4.78, 5) is 1.73. The van der Waals surface area contributed by atoms with Crippen LogP contribution in [-0.2, 0) is 0 Å². The Morgan fingerprint density at radius 1 is 1.17 bits per heavy atom. The van der Waals surface area contributed by atoms with Crippen LogP contribution in [0.15, 0.2) is 42.5 Å². The molecule has 0 unspecified atom stereocenters. The van der Waals surface area contributed by atoms with E-state index in [1.54, 1.807) is 48.3 Å². The summed E-state index contributed by atoms with van der Waals surface area (Å²) in [5.74, 6) is -0.407. The lowest BCUT2D eigenvalue weighted by atomic mass is 10.2. The molecule has 0 aromatic heterocycles. The quantitative estimate of drug-likeness (QED) is 0.879. The maximum absolute atomic E-state index is 13.5. The van der Waals surface area contributed by atoms with E-state index in [2.05, 4.69) is 0 Å². The fraction of sp³-hybridized carbons (Fsp3) is 0.0714. The van der Waals surface area contributed by atoms with Gasteiger partial charge in [0, 0.05) is 24.5 Å². The van der Waals surface area contributed by atoms with Gasteiger partial charge < -0.3 is 10.0 Å². The molecule has 0 aliphatic rings. The van der Waals surface area contributed by atoms with Crippen molar-refractivity contribution < 1.29 is 9.50 Å². The van der Waals surface area contributed by atoms with Crippen LogP contribution in [0.4, 0.5) is 15.8 Å². The van der Waals surface area contributed by atoms with Gasteiger partial charge in [-0.25, -0.2) is 4.39 Å². The van der Waals surface area contributed by atoms with Gasteiger partial charge in [-0.3, -0.25) is 0 Å². The van der Waals surface area contributed by atoms with Crippen LogP contribution < -0.4 is 4.90 Å². The van der Waals surface area contributed by atoms with Crippen molar-refractivity contribution in [2.24, 2.45) is 0 Å². The lowest BCUT2D eigenvalue weighted by Gasteiger charge is -2.19. The molecule has 1 N–H and O–H groups in total. The van der Waals surface area contributed by atoms with E-state index < -0.39 is 5.82 Å². The summed E-state index contributed by atoms with van der Waals surface area (Å²) in [5, 5.41) is 18.1. The first kappa shape index (κ1) is 11.9. The average molecular weight is 242 g/mol. The Labute approximate surface area is 104 Å². The fourth-order valence-electron chi connectivity index (χ4n) is 1.65. The number of nitriles is 1. The second kappa shape index (κ2) is 4.76. The summed E-state index contributed by atoms with van der Waals surface area (Å²) in [5.41, 5.74) is 1.36. The molecule has 0 saturated carbocycles. The van der Waals surface area contributed by atoms with Crippen molar-refractivity contribution >= 4 is 11.4 Å². The van der Waals surface area contributed by atoms with Gasteiger partial charge in [-0.1, -0.05) is 6.07 Å². The number of halogens is 1. The second-order valence-corrected chi connectivity index (χ2v) is 3.85. The largest absolute Gasteiger partial charge is 0.508 e. The highest BCUT2D eigenvalue weighted by molar-refractivity contribution is 5.64. The molecule has 3 nitrogen and oxygen atoms in total. The summed E-state index contributed by atoms with van der Waals surface area (Å²) in [6.45, 7) is 0. The SMILES string of the molecule is CN(c1cccc(O)c1)c1ccc(C#N)c(F)c1. The average Bonchev–Trinajstić information content (AvgIpc) is 2.37. The van der Waals surface area contributed by atoms with Crippen LogP contribution in [0.5, 0.6) is 5.75 Å². The van der Waals surface area contributed by atoms with Crippen LogP contribution in [0.3, 0.4) is 0 Å². The predicted molar refractivity (Wildman–Crippen MR) is 67.3 cm³/mol. The number of hydrogen-bond acceptors (Lipinski definition) is 3. The summed E-state index contributed by atoms with van der Waals surface area (Å²) >= 11 is 0. The highest BCUT2D eigenvalue weighted by Crippen LogP contribution is 2.27. The molecular weight excluding hydrogens is 231 g/mol. The van der Waals surface area contributed by atoms with E-state index in [1.165, 1.54) is 12.1 Å². The summed E-state index contributed by atoms with van der Waals surface area (Å²) in [6, 6.07) is 12.8. The molecule has 0 amide bonds. The van der Waals surface area contributed by atoms with Crippen LogP contribution in [0.25, 0.3) is 0 Å². The molecule has 2 aromatic carbocycles. The van der Waals surface area contributed by atoms with Gasteiger partial charge in [-0.2, -0.15) is 5.26 Å². The summed E-state index contributed by atoms with van der Waals surface area (Å²) in [7, 11) is 1.76. The van der Waals surface area contributed by atoms with Crippen molar-refractivity contribution in [1.82, 2.24) is 0 Å². The third-order valence-corrected chi connectivity index (χ3v) is 2.68. The highest BCUT2D eigenvalue weighted by Gasteiger charge is 2.08. The van der Waals surface area contributed by atoms with Gasteiger partial charge in [0.1, 0.15) is 17.6 Å². The molecule has 0 radical (unpaired) electrons. The van der Waals surface area contributed by atoms with E-state index in [9.17, 15) is 9.50 Å². The molecule has 0 atom stereocenters. The number of phenols is 1. The van der Waals surface area contributed by atoms with Gasteiger partial charge in [0.15, 0.2) is 0 Å². The standard InChI is InChI=1S/C14H11FN2O/c1-17(11-3-2-4-13(18)7-11)12-6-5-10(9-16)14(15)8-12/h2-8,18H,1H3. The number of anilines is 2. The molecule has 0 aliphatic heterocycles. The Kier molecular flexibility index (Phi) is 3.16. The summed E-state index contributed by atoms with van der Waals surface area (Å²) in [6.07, 6.45) is 0. The molecule has 4 heteroatoms. The fourth-order valence-corrected chi connectivity index (χ4v) is 1.65. The first-order valence-electron chi connectivity index (χ1n) is 5.34. The molecule has 2 aromatic rings. The number of rotatable bonds is 2. The van der Waals surface area contributed by atoms with Gasteiger partial charge in [-0.15, -0.1) is 0 Å². The zero-order valence-corrected chi connectivity index (χ0v) is 9.76. The van der Waals surface area contributed by atoms with Crippen molar-refractivity contribution in [3.8, 4) is 11.8 Å². The number of phenolic OH excluding ortho intramolecular Hbond substituents is 1. The van der Waals surface area contributed by atoms with Crippen LogP contribution in [-0.4, -0.2) is 12.2 Å². The summed E-state index contributed by atoms with van der Waals surface area (Å²) < 4.78 is 13.5. The molecule has 0 spiro atoms. The highest BCUT2D eigenvalue weighted by atomic mass is 19.1. The van der Waals surface area contributed by atoms with E-state index in [4.69, 9.17) is 5.26 Å². The van der Waals surface area contributed by atoms with Gasteiger partial charge >= 0.3 is 0 Å². The van der Waals surface area contributed by atoms with Crippen molar-refractivity contribution in [3.63, 3.8) is 0 Å². The van der Waals surface area contributed by atoms with Crippen LogP contribution >= 0.6 is 0 Å². The van der Waals surface area contributed by atoms with E-state index in [0.29, 0.717) is 5.69 Å². The topological polar surface area (TPSA) is 47.3 Å². The van der Waals surface area contributed by atoms with Gasteiger partial charge in [-0.05, 0) is 30.3 Å². The number of aromatic hydroxyl groups is 1. The van der Waals surface area contributed by atoms with Crippen molar-refractivity contribution in [1.29, 1.82) is 5.26 Å². The molecule has 0 bridgehead atoms. The smallest absolute Gasteiger partial charge is 0.143 e. The molecule has 0 saturated heterocycles. The van der Waals surface area contributed by atoms with Crippen molar-refractivity contribution in [2.75, 3.05) is 11.9 Å². The van der Waals surface area contributed by atoms with Gasteiger partial charge in [0.25, 0.3) is 0 Å². The minimum Gasteiger partial charge on any atom is -0.508 e. The minimum absolute atomic E-state index is 0.0167. The Balaban J connectivity index is 2.38. The monoisotopic (exact) mass is 242 g/mol. The molecule has 0 aliphatic carbocycles. The first-order chi connectivity index (χ1) is 8.61. The predicted octanol–water partition coefficient (Wildman–Crippen LogP) is 3.17. The zero-order chi connectivity index (χ0) is 13.1. The minimum atomic E-state index is -0.554. The van der Waals surface area contributed by atoms with Crippen LogP contribution in [0, 0.1) is 17.1 Å². The maximum Gasteiger partial charge on any atom is 0.143 e. The Hall–Kier alpha value is -2.54. The van der Waals surface area contributed by atoms with Crippen LogP contribution in [0.1, 0.15) is 5.56 Å². The number of hydrogen-bond donors (Lipinski definition) is 1. The van der Waals surface area contributed by atoms with Gasteiger partial charge in [0.05, 0.1) is 5.56 Å². The van der Waals surface area contributed by atoms with Crippen molar-refractivity contribution in [2.45, 2.75) is 0 Å². The molecule has 0 heterocycles. The maximum atomic E-state index is 13.5. The van der Waals surface area contributed by atoms with Crippen molar-refractivity contribution in [3.05, 3.63) is 53.8 Å². The second-order valence-electron chi connectivity index (χ2n) is 3.85. The molecule has 0 fully saturated rings. The molecule has 2 rings (SSSR count). The first-order valence-corrected chi connectivity index (χ1v) is 5.34.